The molecule has 1 aromatic carbocycles. The molecule has 0 unspecified atom stereocenters. The number of benzene rings is 1. The van der Waals surface area contributed by atoms with Crippen molar-refractivity contribution in [3.63, 3.8) is 0 Å². The maximum atomic E-state index is 14.7. The van der Waals surface area contributed by atoms with Crippen LogP contribution in [-0.2, 0) is 4.79 Å². The minimum Gasteiger partial charge on any atom is -0.492 e. The number of hydrogen-bond donors (Lipinski definition) is 3. The predicted molar refractivity (Wildman–Crippen MR) is 172 cm³/mol. The number of carbonyl (C=O) groups excluding carboxylic acids is 1. The van der Waals surface area contributed by atoms with Gasteiger partial charge in [-0.05, 0) is 62.8 Å². The molecule has 5 heterocycles. The van der Waals surface area contributed by atoms with Crippen LogP contribution in [0.4, 0.5) is 10.1 Å². The van der Waals surface area contributed by atoms with Gasteiger partial charge in [0.05, 0.1) is 29.3 Å². The van der Waals surface area contributed by atoms with Crippen molar-refractivity contribution in [2.45, 2.75) is 25.7 Å². The SMILES string of the molecule is CN(C)CCOc1cc(F)cc(-c2cncc3[nH]c(-c4n[nH]c5ncc(-c6cncc(NC(=O)C7CCCC7)c6)cc45)cc23)c1. The van der Waals surface area contributed by atoms with Crippen molar-refractivity contribution in [2.24, 2.45) is 5.92 Å². The van der Waals surface area contributed by atoms with Crippen LogP contribution in [0.3, 0.4) is 0 Å². The van der Waals surface area contributed by atoms with Gasteiger partial charge in [0.25, 0.3) is 0 Å². The van der Waals surface area contributed by atoms with Gasteiger partial charge in [0.1, 0.15) is 23.9 Å². The van der Waals surface area contributed by atoms with E-state index in [-0.39, 0.29) is 17.6 Å². The number of fused-ring (bicyclic) bond motifs is 2. The molecule has 1 aliphatic rings. The molecule has 3 N–H and O–H groups in total. The second-order valence-corrected chi connectivity index (χ2v) is 11.8. The lowest BCUT2D eigenvalue weighted by molar-refractivity contribution is -0.119. The van der Waals surface area contributed by atoms with Gasteiger partial charge in [0, 0.05) is 64.6 Å². The smallest absolute Gasteiger partial charge is 0.227 e. The van der Waals surface area contributed by atoms with E-state index in [0.29, 0.717) is 34.9 Å². The maximum Gasteiger partial charge on any atom is 0.227 e. The summed E-state index contributed by atoms with van der Waals surface area (Å²) in [5.41, 5.74) is 6.65. The van der Waals surface area contributed by atoms with Gasteiger partial charge in [-0.15, -0.1) is 0 Å². The first kappa shape index (κ1) is 28.6. The van der Waals surface area contributed by atoms with Crippen LogP contribution in [0, 0.1) is 11.7 Å². The zero-order chi connectivity index (χ0) is 30.9. The van der Waals surface area contributed by atoms with Crippen LogP contribution in [0.5, 0.6) is 5.75 Å². The van der Waals surface area contributed by atoms with E-state index < -0.39 is 0 Å². The third kappa shape index (κ3) is 5.99. The largest absolute Gasteiger partial charge is 0.492 e. The molecule has 0 radical (unpaired) electrons. The van der Waals surface area contributed by atoms with Crippen molar-refractivity contribution >= 4 is 33.5 Å². The summed E-state index contributed by atoms with van der Waals surface area (Å²) < 4.78 is 20.5. The zero-order valence-electron chi connectivity index (χ0n) is 25.1. The van der Waals surface area contributed by atoms with Gasteiger partial charge in [0.15, 0.2) is 5.65 Å². The van der Waals surface area contributed by atoms with Crippen molar-refractivity contribution in [3.8, 4) is 39.4 Å². The summed E-state index contributed by atoms with van der Waals surface area (Å²) in [6.45, 7) is 1.17. The van der Waals surface area contributed by atoms with Gasteiger partial charge in [-0.2, -0.15) is 5.10 Å². The monoisotopic (exact) mass is 604 g/mol. The number of aromatic nitrogens is 6. The molecule has 1 aliphatic carbocycles. The molecule has 0 atom stereocenters. The number of aromatic amines is 2. The van der Waals surface area contributed by atoms with E-state index in [0.717, 1.165) is 70.9 Å². The number of rotatable bonds is 9. The minimum atomic E-state index is -0.381. The molecule has 45 heavy (non-hydrogen) atoms. The third-order valence-electron chi connectivity index (χ3n) is 8.27. The fourth-order valence-electron chi connectivity index (χ4n) is 5.92. The number of amides is 1. The summed E-state index contributed by atoms with van der Waals surface area (Å²) in [6, 6.07) is 10.6. The fraction of sp³-hybridized carbons (Fsp3) is 0.265. The Balaban J connectivity index is 1.20. The average molecular weight is 605 g/mol. The Hall–Kier alpha value is -5.16. The van der Waals surface area contributed by atoms with Gasteiger partial charge in [-0.1, -0.05) is 12.8 Å². The molecule has 0 aliphatic heterocycles. The normalized spacial score (nSPS) is 13.7. The number of pyridine rings is 3. The van der Waals surface area contributed by atoms with Gasteiger partial charge in [0.2, 0.25) is 5.91 Å². The number of anilines is 1. The number of halogens is 1. The molecule has 0 saturated heterocycles. The Kier molecular flexibility index (Phi) is 7.68. The molecule has 0 bridgehead atoms. The highest BCUT2D eigenvalue weighted by Crippen LogP contribution is 2.36. The standard InChI is InChI=1S/C34H33FN8O2/c1-43(2)7-8-45-26-11-21(9-24(35)13-26)29-18-37-19-31-27(29)14-30(40-31)32-28-12-23(16-38-33(28)42-41-32)22-10-25(17-36-15-22)39-34(44)20-5-3-4-6-20/h9-20,40H,3-8H2,1-2H3,(H,39,44)(H,38,41,42). The molecule has 1 amide bonds. The Bertz CT molecular complexity index is 2010. The quantitative estimate of drug-likeness (QED) is 0.174. The second kappa shape index (κ2) is 12.1. The van der Waals surface area contributed by atoms with Crippen LogP contribution in [0.1, 0.15) is 25.7 Å². The lowest BCUT2D eigenvalue weighted by Gasteiger charge is -2.12. The first-order valence-electron chi connectivity index (χ1n) is 15.1. The summed E-state index contributed by atoms with van der Waals surface area (Å²) >= 11 is 0. The number of carbonyl (C=O) groups is 1. The Morgan fingerprint density at radius 1 is 0.956 bits per heavy atom. The van der Waals surface area contributed by atoms with Crippen molar-refractivity contribution < 1.29 is 13.9 Å². The topological polar surface area (TPSA) is 125 Å². The first-order chi connectivity index (χ1) is 21.9. The zero-order valence-corrected chi connectivity index (χ0v) is 25.1. The molecule has 10 nitrogen and oxygen atoms in total. The van der Waals surface area contributed by atoms with Gasteiger partial charge in [-0.25, -0.2) is 9.37 Å². The van der Waals surface area contributed by atoms with Crippen LogP contribution < -0.4 is 10.1 Å². The van der Waals surface area contributed by atoms with Crippen LogP contribution >= 0.6 is 0 Å². The van der Waals surface area contributed by atoms with Crippen molar-refractivity contribution in [2.75, 3.05) is 32.6 Å². The molecule has 1 saturated carbocycles. The molecular formula is C34H33FN8O2. The number of ether oxygens (including phenoxy) is 1. The molecular weight excluding hydrogens is 571 g/mol. The van der Waals surface area contributed by atoms with Crippen LogP contribution in [-0.4, -0.2) is 68.2 Å². The fourth-order valence-corrected chi connectivity index (χ4v) is 5.92. The van der Waals surface area contributed by atoms with Crippen LogP contribution in [0.2, 0.25) is 0 Å². The number of hydrogen-bond acceptors (Lipinski definition) is 7. The lowest BCUT2D eigenvalue weighted by atomic mass is 10.0. The van der Waals surface area contributed by atoms with Gasteiger partial charge >= 0.3 is 0 Å². The van der Waals surface area contributed by atoms with Crippen molar-refractivity contribution in [1.29, 1.82) is 0 Å². The molecule has 6 aromatic rings. The van der Waals surface area contributed by atoms with E-state index in [1.807, 2.05) is 43.3 Å². The Morgan fingerprint density at radius 2 is 1.78 bits per heavy atom. The summed E-state index contributed by atoms with van der Waals surface area (Å²) in [5, 5.41) is 12.3. The number of nitrogens with one attached hydrogen (secondary N) is 3. The molecule has 5 aromatic heterocycles. The average Bonchev–Trinajstić information content (AvgIpc) is 3.80. The number of likely N-dealkylation sites (N-methyl/N-ethyl adjacent to an activating group) is 1. The molecule has 228 valence electrons. The van der Waals surface area contributed by atoms with E-state index in [2.05, 4.69) is 35.5 Å². The van der Waals surface area contributed by atoms with Crippen molar-refractivity contribution in [1.82, 2.24) is 35.0 Å². The van der Waals surface area contributed by atoms with Crippen molar-refractivity contribution in [3.05, 3.63) is 73.2 Å². The van der Waals surface area contributed by atoms with E-state index in [4.69, 9.17) is 4.74 Å². The van der Waals surface area contributed by atoms with E-state index in [9.17, 15) is 9.18 Å². The molecule has 1 fully saturated rings. The Labute approximate surface area is 259 Å². The summed E-state index contributed by atoms with van der Waals surface area (Å²) in [7, 11) is 3.92. The minimum absolute atomic E-state index is 0.0520. The molecule has 11 heteroatoms. The highest BCUT2D eigenvalue weighted by molar-refractivity contribution is 6.01. The van der Waals surface area contributed by atoms with Gasteiger partial charge in [-0.3, -0.25) is 19.9 Å². The number of nitrogens with zero attached hydrogens (tertiary/aromatic N) is 5. The first-order valence-corrected chi connectivity index (χ1v) is 15.1. The third-order valence-corrected chi connectivity index (χ3v) is 8.27. The maximum absolute atomic E-state index is 14.7. The highest BCUT2D eigenvalue weighted by Gasteiger charge is 2.23. The van der Waals surface area contributed by atoms with Crippen LogP contribution in [0.25, 0.3) is 55.6 Å². The number of H-pyrrole nitrogens is 2. The van der Waals surface area contributed by atoms with E-state index in [1.54, 1.807) is 31.0 Å². The lowest BCUT2D eigenvalue weighted by Crippen LogP contribution is -2.20. The highest BCUT2D eigenvalue weighted by atomic mass is 19.1. The van der Waals surface area contributed by atoms with E-state index >= 15 is 0 Å². The molecule has 7 rings (SSSR count). The summed E-state index contributed by atoms with van der Waals surface area (Å²) in [6.07, 6.45) is 12.7. The second-order valence-electron chi connectivity index (χ2n) is 11.8. The predicted octanol–water partition coefficient (Wildman–Crippen LogP) is 6.44. The Morgan fingerprint density at radius 3 is 2.62 bits per heavy atom. The van der Waals surface area contributed by atoms with Gasteiger partial charge < -0.3 is 19.9 Å². The molecule has 0 spiro atoms. The summed E-state index contributed by atoms with van der Waals surface area (Å²) in [4.78, 5) is 31.5. The van der Waals surface area contributed by atoms with Crippen LogP contribution in [0.15, 0.2) is 67.4 Å². The summed E-state index contributed by atoms with van der Waals surface area (Å²) in [5.74, 6) is 0.203. The van der Waals surface area contributed by atoms with E-state index in [1.165, 1.54) is 12.1 Å².